The van der Waals surface area contributed by atoms with Crippen molar-refractivity contribution in [3.05, 3.63) is 70.3 Å². The molecule has 1 fully saturated rings. The molecule has 1 aliphatic heterocycles. The predicted octanol–water partition coefficient (Wildman–Crippen LogP) is 3.15. The zero-order valence-corrected chi connectivity index (χ0v) is 16.0. The van der Waals surface area contributed by atoms with Crippen LogP contribution >= 0.6 is 11.6 Å². The lowest BCUT2D eigenvalue weighted by Gasteiger charge is -2.24. The molecule has 1 saturated heterocycles. The Balaban J connectivity index is 2.11. The smallest absolute Gasteiger partial charge is 0.295 e. The molecular weight excluding hydrogens is 382 g/mol. The van der Waals surface area contributed by atoms with Gasteiger partial charge in [-0.2, -0.15) is 0 Å². The summed E-state index contributed by atoms with van der Waals surface area (Å²) in [4.78, 5) is 26.5. The van der Waals surface area contributed by atoms with Crippen molar-refractivity contribution in [1.29, 1.82) is 0 Å². The molecule has 0 unspecified atom stereocenters. The summed E-state index contributed by atoms with van der Waals surface area (Å²) in [6.07, 6.45) is 0. The lowest BCUT2D eigenvalue weighted by molar-refractivity contribution is -0.140. The molecule has 0 aliphatic carbocycles. The molecule has 2 N–H and O–H groups in total. The Morgan fingerprint density at radius 2 is 1.75 bits per heavy atom. The second kappa shape index (κ2) is 8.46. The number of rotatable bonds is 6. The van der Waals surface area contributed by atoms with Gasteiger partial charge in [-0.25, -0.2) is 0 Å². The van der Waals surface area contributed by atoms with Gasteiger partial charge in [-0.1, -0.05) is 23.7 Å². The number of ether oxygens (including phenoxy) is 1. The number of aliphatic hydroxyl groups is 2. The number of likely N-dealkylation sites (tertiary alicyclic amines) is 1. The fourth-order valence-corrected chi connectivity index (χ4v) is 3.37. The zero-order chi connectivity index (χ0) is 20.3. The number of carbonyl (C=O) groups excluding carboxylic acids is 2. The van der Waals surface area contributed by atoms with Crippen molar-refractivity contribution >= 4 is 29.1 Å². The number of hydrogen-bond donors (Lipinski definition) is 2. The first kappa shape index (κ1) is 19.9. The van der Waals surface area contributed by atoms with Gasteiger partial charge in [0.15, 0.2) is 0 Å². The van der Waals surface area contributed by atoms with E-state index in [0.717, 1.165) is 0 Å². The average Bonchev–Trinajstić information content (AvgIpc) is 2.94. The molecule has 0 aromatic heterocycles. The molecule has 2 aromatic rings. The Morgan fingerprint density at radius 1 is 1.11 bits per heavy atom. The Bertz CT molecular complexity index is 905. The molecule has 3 rings (SSSR count). The van der Waals surface area contributed by atoms with Crippen LogP contribution in [0.5, 0.6) is 5.75 Å². The van der Waals surface area contributed by atoms with Crippen molar-refractivity contribution in [2.75, 3.05) is 19.8 Å². The number of aliphatic hydroxyl groups excluding tert-OH is 2. The molecule has 2 aromatic carbocycles. The first-order valence-corrected chi connectivity index (χ1v) is 9.23. The summed E-state index contributed by atoms with van der Waals surface area (Å²) in [6, 6.07) is 12.5. The van der Waals surface area contributed by atoms with Crippen LogP contribution in [0.4, 0.5) is 0 Å². The van der Waals surface area contributed by atoms with E-state index in [4.69, 9.17) is 16.3 Å². The maximum Gasteiger partial charge on any atom is 0.295 e. The maximum atomic E-state index is 12.7. The van der Waals surface area contributed by atoms with E-state index in [-0.39, 0.29) is 24.5 Å². The number of hydrogen-bond acceptors (Lipinski definition) is 5. The van der Waals surface area contributed by atoms with Crippen molar-refractivity contribution in [2.24, 2.45) is 0 Å². The summed E-state index contributed by atoms with van der Waals surface area (Å²) >= 11 is 5.89. The summed E-state index contributed by atoms with van der Waals surface area (Å²) in [5, 5.41) is 20.7. The Morgan fingerprint density at radius 3 is 2.32 bits per heavy atom. The number of ketones is 1. The van der Waals surface area contributed by atoms with E-state index in [1.165, 1.54) is 4.90 Å². The van der Waals surface area contributed by atoms with Crippen LogP contribution in [0.2, 0.25) is 5.02 Å². The highest BCUT2D eigenvalue weighted by atomic mass is 35.5. The minimum absolute atomic E-state index is 0.0232. The normalized spacial score (nSPS) is 18.5. The lowest BCUT2D eigenvalue weighted by atomic mass is 9.95. The highest BCUT2D eigenvalue weighted by Gasteiger charge is 2.45. The van der Waals surface area contributed by atoms with Gasteiger partial charge in [0.25, 0.3) is 11.7 Å². The maximum absolute atomic E-state index is 12.7. The minimum Gasteiger partial charge on any atom is -0.507 e. The second-order valence-electron chi connectivity index (χ2n) is 6.23. The van der Waals surface area contributed by atoms with Crippen LogP contribution in [0.3, 0.4) is 0 Å². The van der Waals surface area contributed by atoms with Gasteiger partial charge in [0.1, 0.15) is 11.5 Å². The fourth-order valence-electron chi connectivity index (χ4n) is 3.24. The average molecular weight is 402 g/mol. The molecule has 146 valence electrons. The molecule has 28 heavy (non-hydrogen) atoms. The quantitative estimate of drug-likeness (QED) is 0.441. The van der Waals surface area contributed by atoms with Crippen LogP contribution in [-0.4, -0.2) is 46.6 Å². The third kappa shape index (κ3) is 3.74. The molecule has 6 nitrogen and oxygen atoms in total. The van der Waals surface area contributed by atoms with Gasteiger partial charge < -0.3 is 19.8 Å². The Labute approximate surface area is 167 Å². The molecule has 7 heteroatoms. The lowest BCUT2D eigenvalue weighted by Crippen LogP contribution is -2.32. The van der Waals surface area contributed by atoms with Gasteiger partial charge in [0, 0.05) is 17.1 Å². The molecule has 1 atom stereocenters. The van der Waals surface area contributed by atoms with Gasteiger partial charge in [-0.15, -0.1) is 0 Å². The minimum atomic E-state index is -0.807. The molecule has 0 radical (unpaired) electrons. The van der Waals surface area contributed by atoms with Crippen LogP contribution in [0.15, 0.2) is 54.1 Å². The van der Waals surface area contributed by atoms with Gasteiger partial charge in [-0.05, 0) is 48.9 Å². The van der Waals surface area contributed by atoms with Crippen LogP contribution < -0.4 is 4.74 Å². The number of amides is 1. The van der Waals surface area contributed by atoms with E-state index < -0.39 is 17.7 Å². The molecule has 0 spiro atoms. The highest BCUT2D eigenvalue weighted by molar-refractivity contribution is 6.46. The van der Waals surface area contributed by atoms with Crippen molar-refractivity contribution in [3.63, 3.8) is 0 Å². The molecular formula is C21H20ClNO5. The van der Waals surface area contributed by atoms with E-state index >= 15 is 0 Å². The van der Waals surface area contributed by atoms with E-state index in [1.807, 2.05) is 6.92 Å². The molecule has 0 bridgehead atoms. The number of benzene rings is 2. The Kier molecular flexibility index (Phi) is 6.02. The third-order valence-electron chi connectivity index (χ3n) is 4.51. The van der Waals surface area contributed by atoms with Crippen LogP contribution in [-0.2, 0) is 9.59 Å². The molecule has 1 heterocycles. The van der Waals surface area contributed by atoms with Crippen LogP contribution in [0.25, 0.3) is 5.76 Å². The topological polar surface area (TPSA) is 87.1 Å². The van der Waals surface area contributed by atoms with Crippen molar-refractivity contribution in [2.45, 2.75) is 13.0 Å². The fraction of sp³-hybridized carbons (Fsp3) is 0.238. The molecule has 0 saturated carbocycles. The van der Waals surface area contributed by atoms with E-state index in [9.17, 15) is 19.8 Å². The number of β-amino-alcohol motifs (C(OH)–C–C–N with tert-alkyl or cyclic N) is 1. The standard InChI is InChI=1S/C21H20ClNO5/c1-2-28-16-9-5-13(6-10-16)18-17(20(26)21(27)23(18)11-12-24)19(25)14-3-7-15(22)8-4-14/h3-10,18,24-25H,2,11-12H2,1H3/t18-/m1/s1. The summed E-state index contributed by atoms with van der Waals surface area (Å²) in [5.74, 6) is -1.18. The van der Waals surface area contributed by atoms with Gasteiger partial charge in [0.2, 0.25) is 0 Å². The van der Waals surface area contributed by atoms with Crippen molar-refractivity contribution in [3.8, 4) is 5.75 Å². The first-order valence-electron chi connectivity index (χ1n) is 8.86. The Hall–Kier alpha value is -2.83. The van der Waals surface area contributed by atoms with Gasteiger partial charge in [0.05, 0.1) is 24.8 Å². The molecule has 1 aliphatic rings. The van der Waals surface area contributed by atoms with E-state index in [2.05, 4.69) is 0 Å². The van der Waals surface area contributed by atoms with Crippen molar-refractivity contribution in [1.82, 2.24) is 4.90 Å². The third-order valence-corrected chi connectivity index (χ3v) is 4.76. The number of nitrogens with zero attached hydrogens (tertiary/aromatic N) is 1. The number of carbonyl (C=O) groups is 2. The largest absolute Gasteiger partial charge is 0.507 e. The van der Waals surface area contributed by atoms with Crippen LogP contribution in [0.1, 0.15) is 24.1 Å². The van der Waals surface area contributed by atoms with Crippen molar-refractivity contribution < 1.29 is 24.5 Å². The SMILES string of the molecule is CCOc1ccc([C@@H]2C(=C(O)c3ccc(Cl)cc3)C(=O)C(=O)N2CCO)cc1. The van der Waals surface area contributed by atoms with E-state index in [0.29, 0.717) is 28.5 Å². The van der Waals surface area contributed by atoms with Crippen LogP contribution in [0, 0.1) is 0 Å². The summed E-state index contributed by atoms with van der Waals surface area (Å²) < 4.78 is 5.43. The monoisotopic (exact) mass is 401 g/mol. The number of Topliss-reactive ketones (excluding diaryl/α,β-unsaturated/α-hetero) is 1. The van der Waals surface area contributed by atoms with Gasteiger partial charge in [-0.3, -0.25) is 9.59 Å². The second-order valence-corrected chi connectivity index (χ2v) is 6.66. The number of halogens is 1. The highest BCUT2D eigenvalue weighted by Crippen LogP contribution is 2.39. The summed E-state index contributed by atoms with van der Waals surface area (Å²) in [5.41, 5.74) is 0.985. The molecule has 1 amide bonds. The summed E-state index contributed by atoms with van der Waals surface area (Å²) in [7, 11) is 0. The van der Waals surface area contributed by atoms with Gasteiger partial charge >= 0.3 is 0 Å². The summed E-state index contributed by atoms with van der Waals surface area (Å²) in [6.45, 7) is 2.05. The zero-order valence-electron chi connectivity index (χ0n) is 15.3. The van der Waals surface area contributed by atoms with E-state index in [1.54, 1.807) is 48.5 Å². The first-order chi connectivity index (χ1) is 13.5. The predicted molar refractivity (Wildman–Crippen MR) is 105 cm³/mol.